The maximum absolute atomic E-state index is 12.8. The van der Waals surface area contributed by atoms with Gasteiger partial charge in [-0.15, -0.1) is 0 Å². The van der Waals surface area contributed by atoms with Crippen molar-refractivity contribution in [2.75, 3.05) is 26.8 Å². The van der Waals surface area contributed by atoms with Crippen LogP contribution in [0.2, 0.25) is 0 Å². The number of nitro groups is 1. The van der Waals surface area contributed by atoms with E-state index in [9.17, 15) is 14.9 Å². The molecule has 120 valence electrons. The van der Waals surface area contributed by atoms with Gasteiger partial charge < -0.3 is 15.4 Å². The summed E-state index contributed by atoms with van der Waals surface area (Å²) in [5.41, 5.74) is 5.76. The van der Waals surface area contributed by atoms with Gasteiger partial charge in [-0.3, -0.25) is 14.9 Å². The molecule has 1 aromatic rings. The van der Waals surface area contributed by atoms with E-state index in [1.165, 1.54) is 11.0 Å². The van der Waals surface area contributed by atoms with Gasteiger partial charge in [0.25, 0.3) is 5.69 Å². The quantitative estimate of drug-likeness (QED) is 0.653. The van der Waals surface area contributed by atoms with Crippen molar-refractivity contribution in [3.63, 3.8) is 0 Å². The molecule has 1 amide bonds. The van der Waals surface area contributed by atoms with E-state index < -0.39 is 10.3 Å². The Kier molecular flexibility index (Phi) is 5.10. The van der Waals surface area contributed by atoms with E-state index >= 15 is 0 Å². The second-order valence-electron chi connectivity index (χ2n) is 5.64. The molecule has 1 aliphatic heterocycles. The number of carbonyl (C=O) groups is 1. The second kappa shape index (κ2) is 6.85. The first-order valence-electron chi connectivity index (χ1n) is 7.26. The summed E-state index contributed by atoms with van der Waals surface area (Å²) in [6.07, 6.45) is 1.17. The molecular weight excluding hydrogens is 286 g/mol. The highest BCUT2D eigenvalue weighted by Gasteiger charge is 2.40. The lowest BCUT2D eigenvalue weighted by Crippen LogP contribution is -2.49. The molecule has 22 heavy (non-hydrogen) atoms. The van der Waals surface area contributed by atoms with Gasteiger partial charge >= 0.3 is 0 Å². The molecule has 1 fully saturated rings. The fourth-order valence-electron chi connectivity index (χ4n) is 2.82. The predicted octanol–water partition coefficient (Wildman–Crippen LogP) is 1.31. The average Bonchev–Trinajstić information content (AvgIpc) is 2.55. The summed E-state index contributed by atoms with van der Waals surface area (Å²) in [6, 6.07) is 6.46. The zero-order chi connectivity index (χ0) is 16.2. The van der Waals surface area contributed by atoms with Crippen molar-refractivity contribution < 1.29 is 14.5 Å². The van der Waals surface area contributed by atoms with Crippen LogP contribution in [-0.4, -0.2) is 42.5 Å². The van der Waals surface area contributed by atoms with Gasteiger partial charge in [0.1, 0.15) is 0 Å². The first-order chi connectivity index (χ1) is 10.5. The van der Waals surface area contributed by atoms with E-state index in [4.69, 9.17) is 10.5 Å². The number of nitro benzene ring substituents is 1. The topological polar surface area (TPSA) is 98.7 Å². The first kappa shape index (κ1) is 16.4. The molecule has 0 radical (unpaired) electrons. The standard InChI is InChI=1S/C15H21N3O4/c1-17(10-12-4-2-3-5-13(12)18(20)21)14(19)15(11-16)6-8-22-9-7-15/h2-5H,6-11,16H2,1H3. The summed E-state index contributed by atoms with van der Waals surface area (Å²) < 4.78 is 5.31. The van der Waals surface area contributed by atoms with Crippen LogP contribution in [0.15, 0.2) is 24.3 Å². The Labute approximate surface area is 129 Å². The zero-order valence-electron chi connectivity index (χ0n) is 12.7. The molecule has 0 saturated carbocycles. The molecule has 0 unspecified atom stereocenters. The van der Waals surface area contributed by atoms with Crippen LogP contribution >= 0.6 is 0 Å². The largest absolute Gasteiger partial charge is 0.381 e. The number of para-hydroxylation sites is 1. The molecule has 0 bridgehead atoms. The molecule has 7 nitrogen and oxygen atoms in total. The van der Waals surface area contributed by atoms with Crippen molar-refractivity contribution in [1.82, 2.24) is 4.90 Å². The number of hydrogen-bond donors (Lipinski definition) is 1. The molecule has 1 heterocycles. The smallest absolute Gasteiger partial charge is 0.274 e. The highest BCUT2D eigenvalue weighted by molar-refractivity contribution is 5.83. The summed E-state index contributed by atoms with van der Waals surface area (Å²) in [7, 11) is 1.66. The van der Waals surface area contributed by atoms with Gasteiger partial charge in [-0.2, -0.15) is 0 Å². The van der Waals surface area contributed by atoms with Gasteiger partial charge in [-0.1, -0.05) is 18.2 Å². The minimum absolute atomic E-state index is 0.0240. The van der Waals surface area contributed by atoms with Crippen LogP contribution in [0.3, 0.4) is 0 Å². The Balaban J connectivity index is 2.16. The third-order valence-electron chi connectivity index (χ3n) is 4.24. The van der Waals surface area contributed by atoms with Crippen LogP contribution < -0.4 is 5.73 Å². The first-order valence-corrected chi connectivity index (χ1v) is 7.26. The van der Waals surface area contributed by atoms with E-state index in [0.717, 1.165) is 0 Å². The fourth-order valence-corrected chi connectivity index (χ4v) is 2.82. The van der Waals surface area contributed by atoms with E-state index in [2.05, 4.69) is 0 Å². The Morgan fingerprint density at radius 2 is 2.05 bits per heavy atom. The average molecular weight is 307 g/mol. The minimum atomic E-state index is -0.615. The van der Waals surface area contributed by atoms with Crippen molar-refractivity contribution >= 4 is 11.6 Å². The van der Waals surface area contributed by atoms with Gasteiger partial charge in [0.05, 0.1) is 16.9 Å². The number of benzene rings is 1. The van der Waals surface area contributed by atoms with Crippen LogP contribution in [0.1, 0.15) is 18.4 Å². The highest BCUT2D eigenvalue weighted by atomic mass is 16.6. The lowest BCUT2D eigenvalue weighted by atomic mass is 9.79. The monoisotopic (exact) mass is 307 g/mol. The number of ether oxygens (including phenoxy) is 1. The van der Waals surface area contributed by atoms with Crippen molar-refractivity contribution in [2.45, 2.75) is 19.4 Å². The van der Waals surface area contributed by atoms with Crippen LogP contribution in [-0.2, 0) is 16.1 Å². The van der Waals surface area contributed by atoms with Crippen molar-refractivity contribution in [3.05, 3.63) is 39.9 Å². The summed E-state index contributed by atoms with van der Waals surface area (Å²) in [6.45, 7) is 1.49. The summed E-state index contributed by atoms with van der Waals surface area (Å²) in [5, 5.41) is 11.1. The molecule has 1 aromatic carbocycles. The molecule has 1 saturated heterocycles. The minimum Gasteiger partial charge on any atom is -0.381 e. The van der Waals surface area contributed by atoms with Gasteiger partial charge in [0, 0.05) is 38.4 Å². The fraction of sp³-hybridized carbons (Fsp3) is 0.533. The Bertz CT molecular complexity index is 555. The summed E-state index contributed by atoms with van der Waals surface area (Å²) in [4.78, 5) is 24.9. The Hall–Kier alpha value is -1.99. The molecular formula is C15H21N3O4. The van der Waals surface area contributed by atoms with Gasteiger partial charge in [-0.05, 0) is 12.8 Å². The molecule has 0 aromatic heterocycles. The number of amides is 1. The van der Waals surface area contributed by atoms with E-state index in [1.807, 2.05) is 0 Å². The summed E-state index contributed by atoms with van der Waals surface area (Å²) >= 11 is 0. The van der Waals surface area contributed by atoms with Crippen LogP contribution in [0.5, 0.6) is 0 Å². The maximum Gasteiger partial charge on any atom is 0.274 e. The normalized spacial score (nSPS) is 17.0. The molecule has 0 aliphatic carbocycles. The zero-order valence-corrected chi connectivity index (χ0v) is 12.7. The number of carbonyl (C=O) groups excluding carboxylic acids is 1. The number of rotatable bonds is 5. The van der Waals surface area contributed by atoms with E-state index in [-0.39, 0.29) is 24.7 Å². The molecule has 0 atom stereocenters. The third-order valence-corrected chi connectivity index (χ3v) is 4.24. The van der Waals surface area contributed by atoms with Crippen LogP contribution in [0, 0.1) is 15.5 Å². The molecule has 1 aliphatic rings. The molecule has 2 N–H and O–H groups in total. The van der Waals surface area contributed by atoms with Crippen molar-refractivity contribution in [3.8, 4) is 0 Å². The predicted molar refractivity (Wildman–Crippen MR) is 81.1 cm³/mol. The number of nitrogens with zero attached hydrogens (tertiary/aromatic N) is 2. The number of hydrogen-bond acceptors (Lipinski definition) is 5. The van der Waals surface area contributed by atoms with Gasteiger partial charge in [-0.25, -0.2) is 0 Å². The SMILES string of the molecule is CN(Cc1ccccc1[N+](=O)[O-])C(=O)C1(CN)CCOCC1. The molecule has 0 spiro atoms. The maximum atomic E-state index is 12.8. The van der Waals surface area contributed by atoms with Crippen molar-refractivity contribution in [1.29, 1.82) is 0 Å². The van der Waals surface area contributed by atoms with Gasteiger partial charge in [0.2, 0.25) is 5.91 Å². The lowest BCUT2D eigenvalue weighted by molar-refractivity contribution is -0.385. The Morgan fingerprint density at radius 3 is 2.64 bits per heavy atom. The summed E-state index contributed by atoms with van der Waals surface area (Å²) in [5.74, 6) is -0.0727. The Morgan fingerprint density at radius 1 is 1.41 bits per heavy atom. The van der Waals surface area contributed by atoms with Crippen LogP contribution in [0.25, 0.3) is 0 Å². The van der Waals surface area contributed by atoms with Gasteiger partial charge in [0.15, 0.2) is 0 Å². The molecule has 7 heteroatoms. The van der Waals surface area contributed by atoms with Crippen LogP contribution in [0.4, 0.5) is 5.69 Å². The number of nitrogens with two attached hydrogens (primary N) is 1. The van der Waals surface area contributed by atoms with E-state index in [1.54, 1.807) is 25.2 Å². The second-order valence-corrected chi connectivity index (χ2v) is 5.64. The van der Waals surface area contributed by atoms with E-state index in [0.29, 0.717) is 31.6 Å². The van der Waals surface area contributed by atoms with Crippen molar-refractivity contribution in [2.24, 2.45) is 11.1 Å². The third kappa shape index (κ3) is 3.26. The highest BCUT2D eigenvalue weighted by Crippen LogP contribution is 2.32. The lowest BCUT2D eigenvalue weighted by Gasteiger charge is -2.37. The molecule has 2 rings (SSSR count).